The third-order valence-corrected chi connectivity index (χ3v) is 2.55. The molecule has 2 atom stereocenters. The number of likely N-dealkylation sites (N-methyl/N-ethyl adjacent to an activating group) is 1. The van der Waals surface area contributed by atoms with Crippen LogP contribution in [0.3, 0.4) is 0 Å². The minimum atomic E-state index is -0.740. The Kier molecular flexibility index (Phi) is 5.34. The van der Waals surface area contributed by atoms with Gasteiger partial charge in [0.2, 0.25) is 5.91 Å². The molecule has 0 bridgehead atoms. The second kappa shape index (κ2) is 6.77. The summed E-state index contributed by atoms with van der Waals surface area (Å²) in [6.07, 6.45) is 0. The first-order chi connectivity index (χ1) is 8.54. The average Bonchev–Trinajstić information content (AvgIpc) is 2.29. The van der Waals surface area contributed by atoms with Crippen LogP contribution < -0.4 is 5.32 Å². The standard InChI is InChI=1S/C14H19N3O/c1-11(10-17(2)3)16-14(18)13(9-15)12-7-5-4-6-8-12/h4-8,11,13H,10H2,1-3H3,(H,16,18). The van der Waals surface area contributed by atoms with Gasteiger partial charge in [-0.3, -0.25) is 4.79 Å². The lowest BCUT2D eigenvalue weighted by atomic mass is 9.99. The molecule has 1 aromatic rings. The van der Waals surface area contributed by atoms with E-state index in [-0.39, 0.29) is 11.9 Å². The Morgan fingerprint density at radius 1 is 1.39 bits per heavy atom. The monoisotopic (exact) mass is 245 g/mol. The summed E-state index contributed by atoms with van der Waals surface area (Å²) in [4.78, 5) is 14.0. The molecule has 0 radical (unpaired) electrons. The topological polar surface area (TPSA) is 56.1 Å². The van der Waals surface area contributed by atoms with Crippen LogP contribution in [0.4, 0.5) is 0 Å². The van der Waals surface area contributed by atoms with Crippen LogP contribution in [0.5, 0.6) is 0 Å². The second-order valence-electron chi connectivity index (χ2n) is 4.64. The highest BCUT2D eigenvalue weighted by Gasteiger charge is 2.21. The number of nitriles is 1. The molecule has 0 aliphatic carbocycles. The lowest BCUT2D eigenvalue weighted by Gasteiger charge is -2.19. The molecular weight excluding hydrogens is 226 g/mol. The van der Waals surface area contributed by atoms with Crippen molar-refractivity contribution in [2.75, 3.05) is 20.6 Å². The highest BCUT2D eigenvalue weighted by Crippen LogP contribution is 2.14. The summed E-state index contributed by atoms with van der Waals surface area (Å²) in [7, 11) is 3.89. The summed E-state index contributed by atoms with van der Waals surface area (Å²) in [5, 5.41) is 12.0. The SMILES string of the molecule is CC(CN(C)C)NC(=O)C(C#N)c1ccccc1. The van der Waals surface area contributed by atoms with Crippen LogP contribution in [0.15, 0.2) is 30.3 Å². The van der Waals surface area contributed by atoms with E-state index in [9.17, 15) is 4.79 Å². The van der Waals surface area contributed by atoms with Gasteiger partial charge in [-0.25, -0.2) is 0 Å². The maximum absolute atomic E-state index is 12.0. The van der Waals surface area contributed by atoms with E-state index >= 15 is 0 Å². The molecule has 0 fully saturated rings. The molecule has 18 heavy (non-hydrogen) atoms. The maximum Gasteiger partial charge on any atom is 0.242 e. The summed E-state index contributed by atoms with van der Waals surface area (Å²) >= 11 is 0. The fraction of sp³-hybridized carbons (Fsp3) is 0.429. The van der Waals surface area contributed by atoms with Crippen molar-refractivity contribution < 1.29 is 4.79 Å². The van der Waals surface area contributed by atoms with Gasteiger partial charge < -0.3 is 10.2 Å². The van der Waals surface area contributed by atoms with Crippen molar-refractivity contribution in [2.45, 2.75) is 18.9 Å². The molecule has 0 aromatic heterocycles. The number of carbonyl (C=O) groups excluding carboxylic acids is 1. The van der Waals surface area contributed by atoms with Crippen LogP contribution in [0.2, 0.25) is 0 Å². The van der Waals surface area contributed by atoms with Gasteiger partial charge in [0.25, 0.3) is 0 Å². The Morgan fingerprint density at radius 3 is 2.50 bits per heavy atom. The molecule has 0 heterocycles. The number of amides is 1. The normalized spacial score (nSPS) is 13.7. The summed E-state index contributed by atoms with van der Waals surface area (Å²) < 4.78 is 0. The van der Waals surface area contributed by atoms with Crippen molar-refractivity contribution in [3.63, 3.8) is 0 Å². The number of hydrogen-bond donors (Lipinski definition) is 1. The van der Waals surface area contributed by atoms with E-state index in [0.29, 0.717) is 0 Å². The van der Waals surface area contributed by atoms with Crippen molar-refractivity contribution >= 4 is 5.91 Å². The molecule has 1 aromatic carbocycles. The summed E-state index contributed by atoms with van der Waals surface area (Å²) in [5.41, 5.74) is 0.731. The zero-order valence-corrected chi connectivity index (χ0v) is 11.1. The van der Waals surface area contributed by atoms with Crippen LogP contribution in [0.1, 0.15) is 18.4 Å². The molecule has 0 aliphatic rings. The summed E-state index contributed by atoms with van der Waals surface area (Å²) in [6, 6.07) is 11.2. The van der Waals surface area contributed by atoms with Gasteiger partial charge in [-0.1, -0.05) is 30.3 Å². The minimum absolute atomic E-state index is 0.0204. The largest absolute Gasteiger partial charge is 0.351 e. The quantitative estimate of drug-likeness (QED) is 0.852. The number of carbonyl (C=O) groups is 1. The molecule has 0 saturated heterocycles. The van der Waals surface area contributed by atoms with E-state index < -0.39 is 5.92 Å². The van der Waals surface area contributed by atoms with Gasteiger partial charge in [-0.05, 0) is 26.6 Å². The van der Waals surface area contributed by atoms with E-state index in [4.69, 9.17) is 5.26 Å². The first-order valence-electron chi connectivity index (χ1n) is 5.94. The molecule has 0 saturated carbocycles. The van der Waals surface area contributed by atoms with E-state index in [1.807, 2.05) is 44.1 Å². The highest BCUT2D eigenvalue weighted by atomic mass is 16.1. The number of benzene rings is 1. The summed E-state index contributed by atoms with van der Waals surface area (Å²) in [6.45, 7) is 2.68. The molecule has 0 spiro atoms. The van der Waals surface area contributed by atoms with Crippen LogP contribution in [-0.4, -0.2) is 37.5 Å². The highest BCUT2D eigenvalue weighted by molar-refractivity contribution is 5.86. The van der Waals surface area contributed by atoms with E-state index in [2.05, 4.69) is 11.4 Å². The predicted molar refractivity (Wildman–Crippen MR) is 71.0 cm³/mol. The Morgan fingerprint density at radius 2 is 2.00 bits per heavy atom. The van der Waals surface area contributed by atoms with Gasteiger partial charge in [0.15, 0.2) is 0 Å². The van der Waals surface area contributed by atoms with E-state index in [0.717, 1.165) is 12.1 Å². The molecule has 1 rings (SSSR count). The molecular formula is C14H19N3O. The van der Waals surface area contributed by atoms with Crippen molar-refractivity contribution in [3.8, 4) is 6.07 Å². The van der Waals surface area contributed by atoms with Gasteiger partial charge >= 0.3 is 0 Å². The van der Waals surface area contributed by atoms with Crippen LogP contribution in [0.25, 0.3) is 0 Å². The number of nitrogens with zero attached hydrogens (tertiary/aromatic N) is 2. The number of hydrogen-bond acceptors (Lipinski definition) is 3. The van der Waals surface area contributed by atoms with Gasteiger partial charge in [0.1, 0.15) is 5.92 Å². The Bertz CT molecular complexity index is 422. The maximum atomic E-state index is 12.0. The van der Waals surface area contributed by atoms with Crippen LogP contribution >= 0.6 is 0 Å². The molecule has 4 nitrogen and oxygen atoms in total. The predicted octanol–water partition coefficient (Wildman–Crippen LogP) is 1.36. The van der Waals surface area contributed by atoms with Crippen LogP contribution in [-0.2, 0) is 4.79 Å². The van der Waals surface area contributed by atoms with Gasteiger partial charge in [0.05, 0.1) is 6.07 Å². The zero-order valence-electron chi connectivity index (χ0n) is 11.1. The molecule has 2 unspecified atom stereocenters. The number of nitrogens with one attached hydrogen (secondary N) is 1. The fourth-order valence-corrected chi connectivity index (χ4v) is 1.85. The van der Waals surface area contributed by atoms with E-state index in [1.165, 1.54) is 0 Å². The van der Waals surface area contributed by atoms with Crippen molar-refractivity contribution in [2.24, 2.45) is 0 Å². The van der Waals surface area contributed by atoms with Crippen molar-refractivity contribution in [1.29, 1.82) is 5.26 Å². The lowest BCUT2D eigenvalue weighted by molar-refractivity contribution is -0.122. The first-order valence-corrected chi connectivity index (χ1v) is 5.94. The zero-order chi connectivity index (χ0) is 13.5. The molecule has 1 N–H and O–H groups in total. The number of rotatable bonds is 5. The molecule has 4 heteroatoms. The van der Waals surface area contributed by atoms with Crippen LogP contribution in [0, 0.1) is 11.3 Å². The molecule has 0 aliphatic heterocycles. The minimum Gasteiger partial charge on any atom is -0.351 e. The molecule has 96 valence electrons. The lowest BCUT2D eigenvalue weighted by Crippen LogP contribution is -2.41. The summed E-state index contributed by atoms with van der Waals surface area (Å²) in [5.74, 6) is -0.978. The first kappa shape index (κ1) is 14.2. The second-order valence-corrected chi connectivity index (χ2v) is 4.64. The Labute approximate surface area is 108 Å². The Hall–Kier alpha value is -1.86. The van der Waals surface area contributed by atoms with E-state index in [1.54, 1.807) is 12.1 Å². The van der Waals surface area contributed by atoms with Crippen molar-refractivity contribution in [1.82, 2.24) is 10.2 Å². The fourth-order valence-electron chi connectivity index (χ4n) is 1.85. The smallest absolute Gasteiger partial charge is 0.242 e. The molecule has 1 amide bonds. The average molecular weight is 245 g/mol. The third kappa shape index (κ3) is 4.19. The van der Waals surface area contributed by atoms with Gasteiger partial charge in [0, 0.05) is 12.6 Å². The van der Waals surface area contributed by atoms with Gasteiger partial charge in [-0.15, -0.1) is 0 Å². The van der Waals surface area contributed by atoms with Gasteiger partial charge in [-0.2, -0.15) is 5.26 Å². The third-order valence-electron chi connectivity index (χ3n) is 2.55. The Balaban J connectivity index is 2.67. The van der Waals surface area contributed by atoms with Crippen molar-refractivity contribution in [3.05, 3.63) is 35.9 Å².